The van der Waals surface area contributed by atoms with Crippen LogP contribution >= 0.6 is 0 Å². The number of benzene rings is 2. The number of hydrogen-bond donors (Lipinski definition) is 3. The number of methoxy groups -OCH3 is 2. The molecule has 0 atom stereocenters. The molecule has 0 saturated carbocycles. The fourth-order valence-electron chi connectivity index (χ4n) is 4.39. The van der Waals surface area contributed by atoms with Gasteiger partial charge in [-0.15, -0.1) is 0 Å². The molecule has 0 aliphatic rings. The normalized spacial score (nSPS) is 10.8. The molecule has 0 saturated heterocycles. The van der Waals surface area contributed by atoms with Gasteiger partial charge in [0.25, 0.3) is 11.8 Å². The van der Waals surface area contributed by atoms with Crippen molar-refractivity contribution in [3.8, 4) is 22.9 Å². The van der Waals surface area contributed by atoms with Crippen LogP contribution in [-0.2, 0) is 19.1 Å². The van der Waals surface area contributed by atoms with Crippen molar-refractivity contribution in [2.45, 2.75) is 13.3 Å². The number of aromatic nitrogens is 2. The number of aryl methyl sites for hydroxylation is 1. The van der Waals surface area contributed by atoms with Gasteiger partial charge in [-0.1, -0.05) is 6.07 Å². The molecule has 0 radical (unpaired) electrons. The van der Waals surface area contributed by atoms with Gasteiger partial charge in [0.15, 0.2) is 11.6 Å². The largest absolute Gasteiger partial charge is 0.468 e. The fraction of sp³-hybridized carbons (Fsp3) is 0.242. The lowest BCUT2D eigenvalue weighted by molar-refractivity contribution is -0.145. The minimum Gasteiger partial charge on any atom is -0.468 e. The number of H-pyrrole nitrogens is 1. The minimum atomic E-state index is -0.723. The van der Waals surface area contributed by atoms with Gasteiger partial charge in [0.2, 0.25) is 0 Å². The van der Waals surface area contributed by atoms with Gasteiger partial charge >= 0.3 is 11.9 Å². The van der Waals surface area contributed by atoms with Gasteiger partial charge in [-0.05, 0) is 61.4 Å². The number of halogens is 2. The molecule has 2 amide bonds. The predicted molar refractivity (Wildman–Crippen MR) is 167 cm³/mol. The van der Waals surface area contributed by atoms with E-state index in [1.807, 2.05) is 0 Å². The Morgan fingerprint density at radius 3 is 2.32 bits per heavy atom. The molecule has 0 aliphatic carbocycles. The highest BCUT2D eigenvalue weighted by Crippen LogP contribution is 2.29. The van der Waals surface area contributed by atoms with Crippen molar-refractivity contribution in [3.63, 3.8) is 0 Å². The average molecular weight is 650 g/mol. The quantitative estimate of drug-likeness (QED) is 0.133. The number of anilines is 1. The first-order chi connectivity index (χ1) is 22.6. The Morgan fingerprint density at radius 2 is 1.60 bits per heavy atom. The monoisotopic (exact) mass is 649 g/mol. The Balaban J connectivity index is 1.36. The summed E-state index contributed by atoms with van der Waals surface area (Å²) in [6, 6.07) is 12.4. The molecule has 47 heavy (non-hydrogen) atoms. The van der Waals surface area contributed by atoms with Crippen LogP contribution in [0.25, 0.3) is 11.4 Å². The summed E-state index contributed by atoms with van der Waals surface area (Å²) < 4.78 is 43.8. The van der Waals surface area contributed by atoms with E-state index in [4.69, 9.17) is 4.74 Å². The van der Waals surface area contributed by atoms with Gasteiger partial charge < -0.3 is 29.8 Å². The van der Waals surface area contributed by atoms with Crippen molar-refractivity contribution in [1.82, 2.24) is 20.2 Å². The van der Waals surface area contributed by atoms with Crippen LogP contribution in [0.2, 0.25) is 0 Å². The van der Waals surface area contributed by atoms with Gasteiger partial charge in [0.05, 0.1) is 49.9 Å². The maximum atomic E-state index is 14.7. The molecule has 0 unspecified atom stereocenters. The topological polar surface area (TPSA) is 152 Å². The number of amides is 2. The number of pyridine rings is 1. The smallest absolute Gasteiger partial charge is 0.319 e. The number of esters is 2. The van der Waals surface area contributed by atoms with Gasteiger partial charge in [0.1, 0.15) is 11.6 Å². The van der Waals surface area contributed by atoms with Crippen LogP contribution in [0.5, 0.6) is 11.5 Å². The number of aromatic amines is 1. The highest BCUT2D eigenvalue weighted by molar-refractivity contribution is 6.04. The van der Waals surface area contributed by atoms with E-state index >= 15 is 0 Å². The molecule has 2 aromatic carbocycles. The van der Waals surface area contributed by atoms with Crippen LogP contribution in [-0.4, -0.2) is 79.0 Å². The first kappa shape index (κ1) is 34.2. The van der Waals surface area contributed by atoms with Crippen molar-refractivity contribution >= 4 is 29.4 Å². The third-order valence-corrected chi connectivity index (χ3v) is 6.84. The van der Waals surface area contributed by atoms with Crippen LogP contribution in [0.4, 0.5) is 14.5 Å². The minimum absolute atomic E-state index is 0.00233. The van der Waals surface area contributed by atoms with Crippen LogP contribution in [0.3, 0.4) is 0 Å². The highest BCUT2D eigenvalue weighted by Gasteiger charge is 2.17. The molecule has 12 nitrogen and oxygen atoms in total. The molecule has 14 heteroatoms. The second kappa shape index (κ2) is 16.1. The Morgan fingerprint density at radius 1 is 0.872 bits per heavy atom. The van der Waals surface area contributed by atoms with E-state index in [-0.39, 0.29) is 48.3 Å². The summed E-state index contributed by atoms with van der Waals surface area (Å²) in [6.07, 6.45) is 3.38. The maximum absolute atomic E-state index is 14.7. The Bertz CT molecular complexity index is 1740. The number of nitrogens with zero attached hydrogens (tertiary/aromatic N) is 2. The molecule has 0 spiro atoms. The van der Waals surface area contributed by atoms with Crippen LogP contribution in [0.15, 0.2) is 67.0 Å². The summed E-state index contributed by atoms with van der Waals surface area (Å²) in [7, 11) is 2.50. The van der Waals surface area contributed by atoms with Crippen molar-refractivity contribution < 1.29 is 42.2 Å². The van der Waals surface area contributed by atoms with E-state index in [1.54, 1.807) is 24.0 Å². The van der Waals surface area contributed by atoms with Crippen molar-refractivity contribution in [2.24, 2.45) is 0 Å². The van der Waals surface area contributed by atoms with Crippen LogP contribution < -0.4 is 15.4 Å². The Hall–Kier alpha value is -5.63. The van der Waals surface area contributed by atoms with Gasteiger partial charge in [0, 0.05) is 37.1 Å². The lowest BCUT2D eigenvalue weighted by atomic mass is 10.1. The van der Waals surface area contributed by atoms with Gasteiger partial charge in [-0.3, -0.25) is 29.1 Å². The van der Waals surface area contributed by atoms with Crippen LogP contribution in [0.1, 0.15) is 32.7 Å². The summed E-state index contributed by atoms with van der Waals surface area (Å²) in [5.74, 6) is -3.37. The Labute approximate surface area is 269 Å². The molecular formula is C33H33F2N5O7. The van der Waals surface area contributed by atoms with E-state index in [9.17, 15) is 28.0 Å². The zero-order valence-corrected chi connectivity index (χ0v) is 25.9. The van der Waals surface area contributed by atoms with Gasteiger partial charge in [-0.25, -0.2) is 8.78 Å². The molecule has 3 N–H and O–H groups in total. The number of carbonyl (C=O) groups is 4. The van der Waals surface area contributed by atoms with Gasteiger partial charge in [-0.2, -0.15) is 0 Å². The number of ether oxygens (including phenoxy) is 3. The third-order valence-electron chi connectivity index (χ3n) is 6.84. The molecular weight excluding hydrogens is 616 g/mol. The summed E-state index contributed by atoms with van der Waals surface area (Å²) in [6.45, 7) is 2.16. The van der Waals surface area contributed by atoms with E-state index in [1.165, 1.54) is 63.0 Å². The molecule has 4 aromatic rings. The first-order valence-corrected chi connectivity index (χ1v) is 14.4. The number of carbonyl (C=O) groups excluding carboxylic acids is 4. The summed E-state index contributed by atoms with van der Waals surface area (Å²) in [5, 5.41) is 5.27. The maximum Gasteiger partial charge on any atom is 0.319 e. The summed E-state index contributed by atoms with van der Waals surface area (Å²) in [4.78, 5) is 57.6. The van der Waals surface area contributed by atoms with E-state index in [0.29, 0.717) is 29.9 Å². The molecule has 4 rings (SSSR count). The lowest BCUT2D eigenvalue weighted by Gasteiger charge is -2.19. The van der Waals surface area contributed by atoms with Crippen molar-refractivity contribution in [2.75, 3.05) is 45.7 Å². The second-order valence-electron chi connectivity index (χ2n) is 10.3. The Kier molecular flexibility index (Phi) is 11.7. The molecule has 246 valence electrons. The first-order valence-electron chi connectivity index (χ1n) is 14.4. The van der Waals surface area contributed by atoms with E-state index < -0.39 is 29.5 Å². The predicted octanol–water partition coefficient (Wildman–Crippen LogP) is 4.48. The SMILES string of the molecule is COC(=O)CN(CCCNC(=O)c1c[nH]c(-c2cc(Oc3cc(C(=O)Nc4cc(C)ccc4F)ccc3F)ccn2)c1)CC(=O)OC. The summed E-state index contributed by atoms with van der Waals surface area (Å²) >= 11 is 0. The van der Waals surface area contributed by atoms with E-state index in [2.05, 4.69) is 30.1 Å². The number of rotatable bonds is 14. The number of hydrogen-bond acceptors (Lipinski definition) is 9. The molecule has 0 aliphatic heterocycles. The second-order valence-corrected chi connectivity index (χ2v) is 10.3. The zero-order valence-electron chi connectivity index (χ0n) is 25.9. The van der Waals surface area contributed by atoms with Crippen LogP contribution in [0, 0.1) is 18.6 Å². The van der Waals surface area contributed by atoms with Crippen molar-refractivity contribution in [1.29, 1.82) is 0 Å². The van der Waals surface area contributed by atoms with Crippen molar-refractivity contribution in [3.05, 3.63) is 95.3 Å². The average Bonchev–Trinajstić information content (AvgIpc) is 3.56. The third kappa shape index (κ3) is 9.68. The lowest BCUT2D eigenvalue weighted by Crippen LogP contribution is -2.37. The number of nitrogens with one attached hydrogen (secondary N) is 3. The molecule has 2 aromatic heterocycles. The zero-order chi connectivity index (χ0) is 33.9. The molecule has 0 fully saturated rings. The molecule has 0 bridgehead atoms. The van der Waals surface area contributed by atoms with E-state index in [0.717, 1.165) is 11.6 Å². The fourth-order valence-corrected chi connectivity index (χ4v) is 4.39. The molecule has 2 heterocycles. The summed E-state index contributed by atoms with van der Waals surface area (Å²) in [5.41, 5.74) is 2.00. The standard InChI is InChI=1S/C33H33F2N5O7/c1-20-5-7-24(34)26(13-20)39-33(44)21-6-8-25(35)29(15-21)47-23-9-11-36-28(16-23)27-14-22(17-38-27)32(43)37-10-4-12-40(18-30(41)45-2)19-31(42)46-3/h5-9,11,13-17,38H,4,10,12,18-19H2,1-3H3,(H,37,43)(H,39,44). The highest BCUT2D eigenvalue weighted by atomic mass is 19.1.